The monoisotopic (exact) mass is 442 g/mol. The van der Waals surface area contributed by atoms with Crippen molar-refractivity contribution >= 4 is 17.4 Å². The minimum Gasteiger partial charge on any atom is -0.478 e. The third-order valence-electron chi connectivity index (χ3n) is 5.82. The molecule has 166 valence electrons. The summed E-state index contributed by atoms with van der Waals surface area (Å²) in [5.74, 6) is 3.99. The van der Waals surface area contributed by atoms with Gasteiger partial charge in [0.1, 0.15) is 17.4 Å². The van der Waals surface area contributed by atoms with E-state index in [9.17, 15) is 0 Å². The minimum absolute atomic E-state index is 0.159. The molecule has 5 aromatic rings. The zero-order valence-electron chi connectivity index (χ0n) is 18.3. The first-order valence-corrected chi connectivity index (χ1v) is 10.8. The number of aryl methyl sites for hydroxylation is 2. The van der Waals surface area contributed by atoms with Crippen molar-refractivity contribution < 1.29 is 9.15 Å². The van der Waals surface area contributed by atoms with Crippen LogP contribution in [0, 0.1) is 6.92 Å². The summed E-state index contributed by atoms with van der Waals surface area (Å²) in [4.78, 5) is 9.00. The SMILES string of the molecule is Cc1coc(CC2CCOc3cc(-c4ccnc(Nc5ccnn5C)n4)cc4nnc2n34)c1. The Kier molecular flexibility index (Phi) is 4.56. The van der Waals surface area contributed by atoms with Crippen molar-refractivity contribution in [1.29, 1.82) is 0 Å². The molecular weight excluding hydrogens is 420 g/mol. The predicted molar refractivity (Wildman–Crippen MR) is 121 cm³/mol. The molecule has 0 aromatic carbocycles. The second kappa shape index (κ2) is 7.73. The molecule has 0 saturated carbocycles. The smallest absolute Gasteiger partial charge is 0.228 e. The lowest BCUT2D eigenvalue weighted by molar-refractivity contribution is 0.294. The Morgan fingerprint density at radius 2 is 2.09 bits per heavy atom. The van der Waals surface area contributed by atoms with E-state index in [4.69, 9.17) is 9.15 Å². The summed E-state index contributed by atoms with van der Waals surface area (Å²) < 4.78 is 15.5. The molecule has 6 heterocycles. The maximum Gasteiger partial charge on any atom is 0.228 e. The maximum absolute atomic E-state index is 6.13. The number of nitrogens with one attached hydrogen (secondary N) is 1. The van der Waals surface area contributed by atoms with Crippen molar-refractivity contribution in [2.45, 2.75) is 25.7 Å². The molecule has 10 heteroatoms. The Morgan fingerprint density at radius 1 is 1.15 bits per heavy atom. The minimum atomic E-state index is 0.159. The van der Waals surface area contributed by atoms with Crippen LogP contribution in [-0.2, 0) is 13.5 Å². The lowest BCUT2D eigenvalue weighted by atomic mass is 9.99. The number of anilines is 2. The fourth-order valence-electron chi connectivity index (χ4n) is 4.18. The summed E-state index contributed by atoms with van der Waals surface area (Å²) in [6.45, 7) is 2.61. The summed E-state index contributed by atoms with van der Waals surface area (Å²) in [7, 11) is 1.86. The van der Waals surface area contributed by atoms with E-state index in [1.807, 2.05) is 42.6 Å². The first kappa shape index (κ1) is 19.5. The molecule has 0 amide bonds. The fourth-order valence-corrected chi connectivity index (χ4v) is 4.18. The molecule has 0 spiro atoms. The van der Waals surface area contributed by atoms with Crippen molar-refractivity contribution in [2.75, 3.05) is 11.9 Å². The molecule has 0 aliphatic carbocycles. The Balaban J connectivity index is 1.35. The van der Waals surface area contributed by atoms with E-state index in [-0.39, 0.29) is 5.92 Å². The Labute approximate surface area is 189 Å². The maximum atomic E-state index is 6.13. The average Bonchev–Trinajstić information content (AvgIpc) is 3.50. The van der Waals surface area contributed by atoms with E-state index in [1.54, 1.807) is 23.3 Å². The summed E-state index contributed by atoms with van der Waals surface area (Å²) in [6.07, 6.45) is 6.81. The van der Waals surface area contributed by atoms with E-state index in [1.165, 1.54) is 0 Å². The van der Waals surface area contributed by atoms with Crippen LogP contribution in [0.15, 0.2) is 53.4 Å². The van der Waals surface area contributed by atoms with E-state index in [2.05, 4.69) is 36.6 Å². The summed E-state index contributed by atoms with van der Waals surface area (Å²) in [5, 5.41) is 16.3. The molecule has 1 unspecified atom stereocenters. The van der Waals surface area contributed by atoms with Gasteiger partial charge in [-0.2, -0.15) is 5.10 Å². The fraction of sp³-hybridized carbons (Fsp3) is 0.261. The molecule has 1 aliphatic rings. The van der Waals surface area contributed by atoms with Crippen LogP contribution in [0.5, 0.6) is 5.88 Å². The van der Waals surface area contributed by atoms with E-state index >= 15 is 0 Å². The molecule has 33 heavy (non-hydrogen) atoms. The van der Waals surface area contributed by atoms with Gasteiger partial charge in [0.15, 0.2) is 5.65 Å². The summed E-state index contributed by atoms with van der Waals surface area (Å²) >= 11 is 0. The third kappa shape index (κ3) is 3.59. The van der Waals surface area contributed by atoms with Gasteiger partial charge in [-0.1, -0.05) is 0 Å². The molecule has 1 aliphatic heterocycles. The van der Waals surface area contributed by atoms with Gasteiger partial charge in [-0.15, -0.1) is 10.2 Å². The van der Waals surface area contributed by atoms with E-state index in [0.29, 0.717) is 18.4 Å². The van der Waals surface area contributed by atoms with Gasteiger partial charge in [-0.05, 0) is 37.1 Å². The Morgan fingerprint density at radius 3 is 2.91 bits per heavy atom. The number of hydrogen-bond donors (Lipinski definition) is 1. The summed E-state index contributed by atoms with van der Waals surface area (Å²) in [6, 6.07) is 9.75. The molecule has 0 fully saturated rings. The highest BCUT2D eigenvalue weighted by atomic mass is 16.5. The van der Waals surface area contributed by atoms with Crippen molar-refractivity contribution in [3.63, 3.8) is 0 Å². The van der Waals surface area contributed by atoms with Gasteiger partial charge >= 0.3 is 0 Å². The molecule has 10 nitrogen and oxygen atoms in total. The number of nitrogens with zero attached hydrogens (tertiary/aromatic N) is 7. The van der Waals surface area contributed by atoms with Crippen LogP contribution in [0.4, 0.5) is 11.8 Å². The zero-order chi connectivity index (χ0) is 22.4. The second-order valence-corrected chi connectivity index (χ2v) is 8.19. The molecule has 0 bridgehead atoms. The highest BCUT2D eigenvalue weighted by Crippen LogP contribution is 2.33. The molecule has 0 radical (unpaired) electrons. The molecular formula is C23H22N8O2. The molecule has 1 atom stereocenters. The first-order valence-electron chi connectivity index (χ1n) is 10.8. The Bertz CT molecular complexity index is 1450. The number of rotatable bonds is 5. The van der Waals surface area contributed by atoms with Crippen LogP contribution in [0.2, 0.25) is 0 Å². The van der Waals surface area contributed by atoms with Gasteiger partial charge in [0.2, 0.25) is 11.8 Å². The van der Waals surface area contributed by atoms with Crippen LogP contribution >= 0.6 is 0 Å². The van der Waals surface area contributed by atoms with Crippen LogP contribution in [0.3, 0.4) is 0 Å². The third-order valence-corrected chi connectivity index (χ3v) is 5.82. The summed E-state index contributed by atoms with van der Waals surface area (Å²) in [5.41, 5.74) is 3.48. The number of aromatic nitrogens is 7. The lowest BCUT2D eigenvalue weighted by Crippen LogP contribution is -2.07. The molecule has 5 aromatic heterocycles. The van der Waals surface area contributed by atoms with E-state index in [0.717, 1.165) is 52.7 Å². The topological polar surface area (TPSA) is 108 Å². The van der Waals surface area contributed by atoms with Crippen molar-refractivity contribution in [2.24, 2.45) is 7.05 Å². The van der Waals surface area contributed by atoms with Crippen LogP contribution in [0.1, 0.15) is 29.5 Å². The number of ether oxygens (including phenoxy) is 1. The molecule has 6 rings (SSSR count). The first-order chi connectivity index (χ1) is 16.1. The number of furan rings is 1. The highest BCUT2D eigenvalue weighted by molar-refractivity contribution is 5.67. The van der Waals surface area contributed by atoms with Crippen molar-refractivity contribution in [3.05, 3.63) is 66.1 Å². The van der Waals surface area contributed by atoms with E-state index < -0.39 is 0 Å². The standard InChI is InChI=1S/C23H22N8O2/c1-14-9-17(33-13-14)10-15-5-8-32-21-12-16(11-20-28-29-22(15)31(20)21)18-3-6-24-23(26-18)27-19-4-7-25-30(19)2/h3-4,6-7,9,11-13,15H,5,8,10H2,1-2H3,(H,24,26,27). The zero-order valence-corrected chi connectivity index (χ0v) is 18.3. The Hall–Kier alpha value is -4.21. The molecule has 0 saturated heterocycles. The van der Waals surface area contributed by atoms with Gasteiger partial charge in [0.25, 0.3) is 0 Å². The van der Waals surface area contributed by atoms with Crippen molar-refractivity contribution in [3.8, 4) is 17.1 Å². The van der Waals surface area contributed by atoms with Gasteiger partial charge < -0.3 is 14.5 Å². The quantitative estimate of drug-likeness (QED) is 0.439. The average molecular weight is 442 g/mol. The van der Waals surface area contributed by atoms with Gasteiger partial charge in [-0.25, -0.2) is 14.4 Å². The molecule has 1 N–H and O–H groups in total. The second-order valence-electron chi connectivity index (χ2n) is 8.19. The van der Waals surface area contributed by atoms with Crippen LogP contribution in [-0.4, -0.2) is 41.0 Å². The van der Waals surface area contributed by atoms with Gasteiger partial charge in [0, 0.05) is 43.3 Å². The number of hydrogen-bond acceptors (Lipinski definition) is 8. The lowest BCUT2D eigenvalue weighted by Gasteiger charge is -2.10. The highest BCUT2D eigenvalue weighted by Gasteiger charge is 2.26. The van der Waals surface area contributed by atoms with Gasteiger partial charge in [0.05, 0.1) is 24.8 Å². The van der Waals surface area contributed by atoms with Gasteiger partial charge in [-0.3, -0.25) is 4.68 Å². The normalized spacial score (nSPS) is 15.4. The predicted octanol–water partition coefficient (Wildman–Crippen LogP) is 3.67. The number of pyridine rings is 1. The largest absolute Gasteiger partial charge is 0.478 e. The van der Waals surface area contributed by atoms with Crippen LogP contribution in [0.25, 0.3) is 16.9 Å². The van der Waals surface area contributed by atoms with Crippen LogP contribution < -0.4 is 10.1 Å². The van der Waals surface area contributed by atoms with Crippen molar-refractivity contribution in [1.82, 2.24) is 34.3 Å².